The van der Waals surface area contributed by atoms with Crippen LogP contribution in [0.15, 0.2) is 30.6 Å². The molecule has 16 heavy (non-hydrogen) atoms. The van der Waals surface area contributed by atoms with Crippen LogP contribution in [-0.4, -0.2) is 21.5 Å². The van der Waals surface area contributed by atoms with Gasteiger partial charge in [0.2, 0.25) is 5.91 Å². The lowest BCUT2D eigenvalue weighted by Gasteiger charge is -2.08. The lowest BCUT2D eigenvalue weighted by Crippen LogP contribution is -2.37. The highest BCUT2D eigenvalue weighted by molar-refractivity contribution is 5.79. The lowest BCUT2D eigenvalue weighted by atomic mass is 10.2. The van der Waals surface area contributed by atoms with Crippen molar-refractivity contribution in [2.75, 3.05) is 0 Å². The first-order valence-corrected chi connectivity index (χ1v) is 5.13. The van der Waals surface area contributed by atoms with Crippen LogP contribution in [0.5, 0.6) is 0 Å². The number of carbonyl (C=O) groups is 1. The zero-order chi connectivity index (χ0) is 11.5. The summed E-state index contributed by atoms with van der Waals surface area (Å²) in [5, 5.41) is 0. The molecule has 0 aliphatic carbocycles. The molecule has 0 spiro atoms. The third-order valence-corrected chi connectivity index (χ3v) is 2.57. The highest BCUT2D eigenvalue weighted by atomic mass is 16.1. The summed E-state index contributed by atoms with van der Waals surface area (Å²) in [6, 6.07) is 7.22. The molecule has 4 N–H and O–H groups in total. The topological polar surface area (TPSA) is 86.9 Å². The maximum atomic E-state index is 10.8. The van der Waals surface area contributed by atoms with Gasteiger partial charge < -0.3 is 16.0 Å². The Morgan fingerprint density at radius 3 is 2.94 bits per heavy atom. The van der Waals surface area contributed by atoms with Crippen LogP contribution < -0.4 is 11.5 Å². The minimum Gasteiger partial charge on any atom is -0.368 e. The van der Waals surface area contributed by atoms with Crippen LogP contribution in [0.1, 0.15) is 6.42 Å². The van der Waals surface area contributed by atoms with E-state index in [1.807, 2.05) is 28.8 Å². The summed E-state index contributed by atoms with van der Waals surface area (Å²) >= 11 is 0. The Morgan fingerprint density at radius 1 is 1.44 bits per heavy atom. The van der Waals surface area contributed by atoms with E-state index in [2.05, 4.69) is 4.98 Å². The largest absolute Gasteiger partial charge is 0.368 e. The predicted molar refractivity (Wildman–Crippen MR) is 61.5 cm³/mol. The van der Waals surface area contributed by atoms with Crippen LogP contribution in [0.2, 0.25) is 0 Å². The second-order valence-electron chi connectivity index (χ2n) is 3.72. The predicted octanol–water partition coefficient (Wildman–Crippen LogP) is 0.239. The summed E-state index contributed by atoms with van der Waals surface area (Å²) in [6.45, 7) is 0.643. The third kappa shape index (κ3) is 2.04. The Labute approximate surface area is 93.1 Å². The van der Waals surface area contributed by atoms with E-state index >= 15 is 0 Å². The number of aromatic nitrogens is 2. The van der Waals surface area contributed by atoms with E-state index in [0.29, 0.717) is 13.0 Å². The minimum absolute atomic E-state index is 0.468. The zero-order valence-electron chi connectivity index (χ0n) is 8.84. The van der Waals surface area contributed by atoms with Crippen molar-refractivity contribution in [2.45, 2.75) is 19.0 Å². The van der Waals surface area contributed by atoms with E-state index in [1.165, 1.54) is 0 Å². The fourth-order valence-corrected chi connectivity index (χ4v) is 1.61. The number of nitrogens with zero attached hydrogens (tertiary/aromatic N) is 2. The van der Waals surface area contributed by atoms with E-state index in [4.69, 9.17) is 11.5 Å². The average Bonchev–Trinajstić information content (AvgIpc) is 2.69. The minimum atomic E-state index is -0.596. The fraction of sp³-hybridized carbons (Fsp3) is 0.273. The molecule has 0 saturated heterocycles. The second kappa shape index (κ2) is 4.32. The molecule has 0 aliphatic heterocycles. The molecular formula is C11H14N4O. The van der Waals surface area contributed by atoms with Crippen LogP contribution >= 0.6 is 0 Å². The number of fused-ring (bicyclic) bond motifs is 1. The molecule has 5 nitrogen and oxygen atoms in total. The molecule has 84 valence electrons. The molecule has 1 aromatic heterocycles. The van der Waals surface area contributed by atoms with Crippen molar-refractivity contribution in [3.05, 3.63) is 30.6 Å². The van der Waals surface area contributed by atoms with Crippen LogP contribution in [0, 0.1) is 0 Å². The van der Waals surface area contributed by atoms with Gasteiger partial charge in [0, 0.05) is 6.54 Å². The number of amides is 1. The number of para-hydroxylation sites is 2. The highest BCUT2D eigenvalue weighted by Crippen LogP contribution is 2.12. The van der Waals surface area contributed by atoms with Gasteiger partial charge in [0.15, 0.2) is 0 Å². The Hall–Kier alpha value is -1.88. The molecule has 0 saturated carbocycles. The molecule has 2 rings (SSSR count). The summed E-state index contributed by atoms with van der Waals surface area (Å²) in [5.74, 6) is -0.468. The van der Waals surface area contributed by atoms with Gasteiger partial charge >= 0.3 is 0 Å². The van der Waals surface area contributed by atoms with E-state index in [1.54, 1.807) is 6.33 Å². The van der Waals surface area contributed by atoms with E-state index in [0.717, 1.165) is 11.0 Å². The Kier molecular flexibility index (Phi) is 2.87. The van der Waals surface area contributed by atoms with Gasteiger partial charge in [0.1, 0.15) is 0 Å². The lowest BCUT2D eigenvalue weighted by molar-refractivity contribution is -0.119. The van der Waals surface area contributed by atoms with Crippen molar-refractivity contribution in [3.8, 4) is 0 Å². The van der Waals surface area contributed by atoms with Gasteiger partial charge in [-0.2, -0.15) is 0 Å². The molecule has 1 atom stereocenters. The number of primary amides is 1. The quantitative estimate of drug-likeness (QED) is 0.770. The number of imidazole rings is 1. The highest BCUT2D eigenvalue weighted by Gasteiger charge is 2.09. The van der Waals surface area contributed by atoms with Gasteiger partial charge in [0.25, 0.3) is 0 Å². The van der Waals surface area contributed by atoms with E-state index in [9.17, 15) is 4.79 Å². The summed E-state index contributed by atoms with van der Waals surface area (Å²) < 4.78 is 1.97. The normalized spacial score (nSPS) is 12.8. The van der Waals surface area contributed by atoms with Crippen molar-refractivity contribution < 1.29 is 4.79 Å². The first-order chi connectivity index (χ1) is 7.68. The van der Waals surface area contributed by atoms with Gasteiger partial charge in [-0.25, -0.2) is 4.98 Å². The standard InChI is InChI=1S/C11H14N4O/c12-8(11(13)16)5-6-15-7-14-9-3-1-2-4-10(9)15/h1-4,7-8H,5-6,12H2,(H2,13,16). The maximum absolute atomic E-state index is 10.8. The van der Waals surface area contributed by atoms with Crippen molar-refractivity contribution >= 4 is 16.9 Å². The summed E-state index contributed by atoms with van der Waals surface area (Å²) in [5.41, 5.74) is 12.6. The van der Waals surface area contributed by atoms with Gasteiger partial charge in [0.05, 0.1) is 23.4 Å². The molecule has 1 aromatic carbocycles. The Morgan fingerprint density at radius 2 is 2.19 bits per heavy atom. The number of aryl methyl sites for hydroxylation is 1. The van der Waals surface area contributed by atoms with Gasteiger partial charge in [-0.15, -0.1) is 0 Å². The van der Waals surface area contributed by atoms with Crippen molar-refractivity contribution in [1.29, 1.82) is 0 Å². The zero-order valence-corrected chi connectivity index (χ0v) is 8.84. The maximum Gasteiger partial charge on any atom is 0.234 e. The monoisotopic (exact) mass is 218 g/mol. The summed E-state index contributed by atoms with van der Waals surface area (Å²) in [7, 11) is 0. The first-order valence-electron chi connectivity index (χ1n) is 5.13. The van der Waals surface area contributed by atoms with Gasteiger partial charge in [-0.1, -0.05) is 12.1 Å². The molecule has 0 aliphatic rings. The SMILES string of the molecule is NC(=O)C(N)CCn1cnc2ccccc21. The number of carbonyl (C=O) groups excluding carboxylic acids is 1. The van der Waals surface area contributed by atoms with Crippen molar-refractivity contribution in [2.24, 2.45) is 11.5 Å². The molecule has 1 amide bonds. The number of nitrogens with two attached hydrogens (primary N) is 2. The van der Waals surface area contributed by atoms with E-state index in [-0.39, 0.29) is 0 Å². The third-order valence-electron chi connectivity index (χ3n) is 2.57. The first kappa shape index (κ1) is 10.6. The number of rotatable bonds is 4. The fourth-order valence-electron chi connectivity index (χ4n) is 1.61. The van der Waals surface area contributed by atoms with E-state index < -0.39 is 11.9 Å². The van der Waals surface area contributed by atoms with Crippen LogP contribution in [0.25, 0.3) is 11.0 Å². The van der Waals surface area contributed by atoms with Crippen LogP contribution in [0.3, 0.4) is 0 Å². The van der Waals surface area contributed by atoms with Gasteiger partial charge in [-0.3, -0.25) is 4.79 Å². The average molecular weight is 218 g/mol. The van der Waals surface area contributed by atoms with Crippen LogP contribution in [0.4, 0.5) is 0 Å². The molecule has 0 bridgehead atoms. The Bertz CT molecular complexity index is 505. The Balaban J connectivity index is 2.13. The number of hydrogen-bond donors (Lipinski definition) is 2. The summed E-state index contributed by atoms with van der Waals surface area (Å²) in [4.78, 5) is 15.0. The van der Waals surface area contributed by atoms with Crippen molar-refractivity contribution in [1.82, 2.24) is 9.55 Å². The summed E-state index contributed by atoms with van der Waals surface area (Å²) in [6.07, 6.45) is 2.27. The molecule has 0 fully saturated rings. The molecule has 2 aromatic rings. The second-order valence-corrected chi connectivity index (χ2v) is 3.72. The van der Waals surface area contributed by atoms with Gasteiger partial charge in [-0.05, 0) is 18.6 Å². The molecule has 1 heterocycles. The molecule has 0 radical (unpaired) electrons. The van der Waals surface area contributed by atoms with Crippen molar-refractivity contribution in [3.63, 3.8) is 0 Å². The molecular weight excluding hydrogens is 204 g/mol. The smallest absolute Gasteiger partial charge is 0.234 e. The number of hydrogen-bond acceptors (Lipinski definition) is 3. The number of benzene rings is 1. The van der Waals surface area contributed by atoms with Crippen LogP contribution in [-0.2, 0) is 11.3 Å². The molecule has 5 heteroatoms. The molecule has 1 unspecified atom stereocenters.